The number of rotatable bonds is 3. The lowest BCUT2D eigenvalue weighted by Crippen LogP contribution is -1.92. The Morgan fingerprint density at radius 3 is 1.83 bits per heavy atom. The maximum Gasteiger partial charge on any atom is 0.0406 e. The molecule has 94 valence electrons. The molecule has 0 heterocycles. The molecule has 0 aromatic heterocycles. The number of hydrogen-bond donors (Lipinski definition) is 0. The van der Waals surface area contributed by atoms with Gasteiger partial charge < -0.3 is 0 Å². The summed E-state index contributed by atoms with van der Waals surface area (Å²) in [5.74, 6) is 0. The molecule has 0 aliphatic heterocycles. The van der Waals surface area contributed by atoms with Crippen molar-refractivity contribution in [3.8, 4) is 11.1 Å². The van der Waals surface area contributed by atoms with E-state index in [1.165, 1.54) is 26.7 Å². The lowest BCUT2D eigenvalue weighted by atomic mass is 9.98. The smallest absolute Gasteiger partial charge is 0.0406 e. The van der Waals surface area contributed by atoms with Crippen LogP contribution in [0, 0.1) is 0 Å². The summed E-state index contributed by atoms with van der Waals surface area (Å²) >= 11 is 9.63. The van der Waals surface area contributed by atoms with Gasteiger partial charge in [-0.25, -0.2) is 0 Å². The van der Waals surface area contributed by atoms with Crippen LogP contribution in [-0.4, -0.2) is 0 Å². The first kappa shape index (κ1) is 13.6. The minimum atomic E-state index is 0.780. The van der Waals surface area contributed by atoms with Gasteiger partial charge in [0.1, 0.15) is 0 Å². The first-order chi connectivity index (χ1) is 8.65. The van der Waals surface area contributed by atoms with Crippen molar-refractivity contribution < 1.29 is 0 Å². The third-order valence-corrected chi connectivity index (χ3v) is 4.43. The molecule has 0 unspecified atom stereocenters. The molecule has 0 N–H and O–H groups in total. The number of aryl methyl sites for hydroxylation is 2. The van der Waals surface area contributed by atoms with E-state index in [1.807, 2.05) is 12.1 Å². The van der Waals surface area contributed by atoms with Gasteiger partial charge in [0.15, 0.2) is 0 Å². The summed E-state index contributed by atoms with van der Waals surface area (Å²) in [4.78, 5) is 0. The molecule has 0 saturated heterocycles. The minimum absolute atomic E-state index is 0.780. The lowest BCUT2D eigenvalue weighted by molar-refractivity contribution is 1.07. The largest absolute Gasteiger partial charge is 0.0843 e. The Hall–Kier alpha value is -0.790. The highest BCUT2D eigenvalue weighted by Crippen LogP contribution is 2.30. The highest BCUT2D eigenvalue weighted by Gasteiger charge is 2.07. The van der Waals surface area contributed by atoms with E-state index in [9.17, 15) is 0 Å². The minimum Gasteiger partial charge on any atom is -0.0843 e. The second-order valence-electron chi connectivity index (χ2n) is 4.32. The molecule has 0 amide bonds. The maximum absolute atomic E-state index is 5.93. The van der Waals surface area contributed by atoms with Gasteiger partial charge in [0.05, 0.1) is 0 Å². The van der Waals surface area contributed by atoms with Crippen LogP contribution < -0.4 is 0 Å². The van der Waals surface area contributed by atoms with Crippen LogP contribution in [0.5, 0.6) is 0 Å². The molecule has 0 saturated carbocycles. The predicted molar refractivity (Wildman–Crippen MR) is 83.3 cm³/mol. The zero-order valence-electron chi connectivity index (χ0n) is 10.6. The summed E-state index contributed by atoms with van der Waals surface area (Å²) in [6.45, 7) is 4.37. The van der Waals surface area contributed by atoms with Crippen LogP contribution in [0.3, 0.4) is 0 Å². The number of halogens is 2. The number of hydrogen-bond acceptors (Lipinski definition) is 0. The Kier molecular flexibility index (Phi) is 4.47. The standard InChI is InChI=1S/C16H16BrCl/c1-3-11-9-14(10-12(4-2)16(11)17)13-5-7-15(18)8-6-13/h5-10H,3-4H2,1-2H3. The average Bonchev–Trinajstić information content (AvgIpc) is 2.40. The summed E-state index contributed by atoms with van der Waals surface area (Å²) in [6.07, 6.45) is 2.07. The molecule has 0 fully saturated rings. The Labute approximate surface area is 122 Å². The van der Waals surface area contributed by atoms with Crippen LogP contribution in [0.15, 0.2) is 40.9 Å². The molecular weight excluding hydrogens is 308 g/mol. The van der Waals surface area contributed by atoms with E-state index >= 15 is 0 Å². The molecule has 0 atom stereocenters. The fourth-order valence-corrected chi connectivity index (χ4v) is 2.99. The van der Waals surface area contributed by atoms with Crippen molar-refractivity contribution in [3.05, 3.63) is 57.0 Å². The van der Waals surface area contributed by atoms with Crippen molar-refractivity contribution in [2.24, 2.45) is 0 Å². The van der Waals surface area contributed by atoms with Crippen LogP contribution in [-0.2, 0) is 12.8 Å². The first-order valence-corrected chi connectivity index (χ1v) is 7.40. The summed E-state index contributed by atoms with van der Waals surface area (Å²) in [6, 6.07) is 12.5. The van der Waals surface area contributed by atoms with Crippen LogP contribution in [0.1, 0.15) is 25.0 Å². The van der Waals surface area contributed by atoms with Crippen LogP contribution in [0.2, 0.25) is 5.02 Å². The van der Waals surface area contributed by atoms with Crippen molar-refractivity contribution in [3.63, 3.8) is 0 Å². The molecule has 0 aliphatic carbocycles. The molecular formula is C16H16BrCl. The van der Waals surface area contributed by atoms with E-state index in [-0.39, 0.29) is 0 Å². The molecule has 0 nitrogen and oxygen atoms in total. The lowest BCUT2D eigenvalue weighted by Gasteiger charge is -2.11. The fraction of sp³-hybridized carbons (Fsp3) is 0.250. The predicted octanol–water partition coefficient (Wildman–Crippen LogP) is 5.89. The molecule has 0 radical (unpaired) electrons. The van der Waals surface area contributed by atoms with Crippen molar-refractivity contribution in [1.29, 1.82) is 0 Å². The normalized spacial score (nSPS) is 10.7. The molecule has 2 rings (SSSR count). The molecule has 18 heavy (non-hydrogen) atoms. The molecule has 2 aromatic rings. The topological polar surface area (TPSA) is 0 Å². The Morgan fingerprint density at radius 2 is 1.39 bits per heavy atom. The molecule has 0 bridgehead atoms. The van der Waals surface area contributed by atoms with Crippen molar-refractivity contribution in [2.45, 2.75) is 26.7 Å². The zero-order chi connectivity index (χ0) is 13.1. The fourth-order valence-electron chi connectivity index (χ4n) is 2.07. The maximum atomic E-state index is 5.93. The van der Waals surface area contributed by atoms with Gasteiger partial charge in [0.25, 0.3) is 0 Å². The number of benzene rings is 2. The first-order valence-electron chi connectivity index (χ1n) is 6.23. The Balaban J connectivity index is 2.54. The molecule has 0 aliphatic rings. The SMILES string of the molecule is CCc1cc(-c2ccc(Cl)cc2)cc(CC)c1Br. The Bertz CT molecular complexity index is 519. The van der Waals surface area contributed by atoms with E-state index in [0.717, 1.165) is 17.9 Å². The summed E-state index contributed by atoms with van der Waals surface area (Å²) < 4.78 is 1.25. The Morgan fingerprint density at radius 1 is 0.889 bits per heavy atom. The highest BCUT2D eigenvalue weighted by atomic mass is 79.9. The van der Waals surface area contributed by atoms with E-state index in [2.05, 4.69) is 54.0 Å². The second kappa shape index (κ2) is 5.90. The second-order valence-corrected chi connectivity index (χ2v) is 5.55. The van der Waals surface area contributed by atoms with Crippen molar-refractivity contribution in [1.82, 2.24) is 0 Å². The molecule has 0 spiro atoms. The molecule has 2 heteroatoms. The van der Waals surface area contributed by atoms with Gasteiger partial charge in [-0.1, -0.05) is 65.6 Å². The van der Waals surface area contributed by atoms with E-state index in [4.69, 9.17) is 11.6 Å². The van der Waals surface area contributed by atoms with Gasteiger partial charge in [-0.05, 0) is 47.2 Å². The van der Waals surface area contributed by atoms with Crippen LogP contribution in [0.4, 0.5) is 0 Å². The van der Waals surface area contributed by atoms with Gasteiger partial charge in [0, 0.05) is 9.50 Å². The zero-order valence-corrected chi connectivity index (χ0v) is 13.0. The van der Waals surface area contributed by atoms with Gasteiger partial charge >= 0.3 is 0 Å². The van der Waals surface area contributed by atoms with Crippen molar-refractivity contribution in [2.75, 3.05) is 0 Å². The molecule has 2 aromatic carbocycles. The van der Waals surface area contributed by atoms with E-state index in [0.29, 0.717) is 0 Å². The summed E-state index contributed by atoms with van der Waals surface area (Å²) in [5.41, 5.74) is 5.21. The van der Waals surface area contributed by atoms with Crippen LogP contribution in [0.25, 0.3) is 11.1 Å². The monoisotopic (exact) mass is 322 g/mol. The highest BCUT2D eigenvalue weighted by molar-refractivity contribution is 9.10. The van der Waals surface area contributed by atoms with Gasteiger partial charge in [-0.2, -0.15) is 0 Å². The third-order valence-electron chi connectivity index (χ3n) is 3.16. The van der Waals surface area contributed by atoms with Gasteiger partial charge in [-0.15, -0.1) is 0 Å². The van der Waals surface area contributed by atoms with Gasteiger partial charge in [0.2, 0.25) is 0 Å². The third kappa shape index (κ3) is 2.78. The van der Waals surface area contributed by atoms with E-state index < -0.39 is 0 Å². The quantitative estimate of drug-likeness (QED) is 0.660. The summed E-state index contributed by atoms with van der Waals surface area (Å²) in [7, 11) is 0. The van der Waals surface area contributed by atoms with Crippen molar-refractivity contribution >= 4 is 27.5 Å². The van der Waals surface area contributed by atoms with Crippen LogP contribution >= 0.6 is 27.5 Å². The average molecular weight is 324 g/mol. The van der Waals surface area contributed by atoms with Gasteiger partial charge in [-0.3, -0.25) is 0 Å². The van der Waals surface area contributed by atoms with E-state index in [1.54, 1.807) is 0 Å². The summed E-state index contributed by atoms with van der Waals surface area (Å²) in [5, 5.41) is 0.780.